The maximum atomic E-state index is 11.9. The number of rotatable bonds is 31. The standard InChI is InChI=1S/C35H68O2/c1-3-5-7-9-11-13-15-17-18-19-20-21-23-25-27-29-31-33-35(36)37-34-32-30-28-26-24-22-16-14-12-10-8-6-4-2/h13,15H,3-12,14,16-34H2,1-2H3. The molecule has 2 nitrogen and oxygen atoms in total. The van der Waals surface area contributed by atoms with E-state index in [4.69, 9.17) is 4.74 Å². The molecular formula is C35H68O2. The number of allylic oxidation sites excluding steroid dienone is 2. The minimum atomic E-state index is 0.0222. The van der Waals surface area contributed by atoms with Gasteiger partial charge in [0.15, 0.2) is 0 Å². The first-order valence-electron chi connectivity index (χ1n) is 17.1. The molecule has 0 saturated carbocycles. The van der Waals surface area contributed by atoms with Crippen LogP contribution in [0.4, 0.5) is 0 Å². The summed E-state index contributed by atoms with van der Waals surface area (Å²) in [6.45, 7) is 5.19. The third-order valence-electron chi connectivity index (χ3n) is 7.65. The molecule has 0 atom stereocenters. The summed E-state index contributed by atoms with van der Waals surface area (Å²) in [6, 6.07) is 0. The van der Waals surface area contributed by atoms with Crippen LogP contribution in [0.1, 0.15) is 200 Å². The molecule has 0 spiro atoms. The van der Waals surface area contributed by atoms with Crippen LogP contribution in [0.15, 0.2) is 12.2 Å². The van der Waals surface area contributed by atoms with Crippen molar-refractivity contribution in [2.24, 2.45) is 0 Å². The summed E-state index contributed by atoms with van der Waals surface area (Å²) in [5.41, 5.74) is 0. The van der Waals surface area contributed by atoms with Gasteiger partial charge in [-0.25, -0.2) is 0 Å². The van der Waals surface area contributed by atoms with Crippen LogP contribution in [-0.2, 0) is 9.53 Å². The Bertz CT molecular complexity index is 456. The third-order valence-corrected chi connectivity index (χ3v) is 7.65. The summed E-state index contributed by atoms with van der Waals surface area (Å²) in [5, 5.41) is 0. The van der Waals surface area contributed by atoms with Crippen molar-refractivity contribution < 1.29 is 9.53 Å². The fourth-order valence-corrected chi connectivity index (χ4v) is 5.07. The Hall–Kier alpha value is -0.790. The van der Waals surface area contributed by atoms with Gasteiger partial charge in [0.1, 0.15) is 0 Å². The summed E-state index contributed by atoms with van der Waals surface area (Å²) in [7, 11) is 0. The maximum absolute atomic E-state index is 11.9. The maximum Gasteiger partial charge on any atom is 0.305 e. The second-order valence-corrected chi connectivity index (χ2v) is 11.5. The van der Waals surface area contributed by atoms with E-state index in [0.717, 1.165) is 12.8 Å². The second-order valence-electron chi connectivity index (χ2n) is 11.5. The van der Waals surface area contributed by atoms with Gasteiger partial charge in [-0.3, -0.25) is 4.79 Å². The average molecular weight is 521 g/mol. The van der Waals surface area contributed by atoms with E-state index in [1.807, 2.05) is 0 Å². The van der Waals surface area contributed by atoms with Gasteiger partial charge in [0.25, 0.3) is 0 Å². The van der Waals surface area contributed by atoms with E-state index >= 15 is 0 Å². The molecule has 0 fully saturated rings. The molecule has 0 heterocycles. The number of unbranched alkanes of at least 4 members (excludes halogenated alkanes) is 25. The molecule has 220 valence electrons. The lowest BCUT2D eigenvalue weighted by atomic mass is 10.0. The van der Waals surface area contributed by atoms with Gasteiger partial charge in [-0.05, 0) is 38.5 Å². The molecule has 0 aliphatic rings. The molecule has 0 aliphatic heterocycles. The summed E-state index contributed by atoms with van der Waals surface area (Å²) >= 11 is 0. The number of hydrogen-bond donors (Lipinski definition) is 0. The van der Waals surface area contributed by atoms with E-state index in [0.29, 0.717) is 13.0 Å². The van der Waals surface area contributed by atoms with Gasteiger partial charge in [-0.1, -0.05) is 167 Å². The number of carbonyl (C=O) groups is 1. The summed E-state index contributed by atoms with van der Waals surface area (Å²) < 4.78 is 5.43. The highest BCUT2D eigenvalue weighted by Crippen LogP contribution is 2.14. The van der Waals surface area contributed by atoms with Crippen LogP contribution < -0.4 is 0 Å². The lowest BCUT2D eigenvalue weighted by molar-refractivity contribution is -0.143. The van der Waals surface area contributed by atoms with Gasteiger partial charge in [0.05, 0.1) is 6.61 Å². The zero-order valence-corrected chi connectivity index (χ0v) is 25.7. The molecule has 0 aromatic rings. The lowest BCUT2D eigenvalue weighted by Gasteiger charge is -2.06. The Morgan fingerprint density at radius 3 is 1.19 bits per heavy atom. The number of hydrogen-bond acceptors (Lipinski definition) is 2. The molecule has 0 bridgehead atoms. The SMILES string of the molecule is CCCCCCC=CCCCCCCCCCCCC(=O)OCCCCCCCCCCCCCCC. The smallest absolute Gasteiger partial charge is 0.305 e. The largest absolute Gasteiger partial charge is 0.466 e. The van der Waals surface area contributed by atoms with Crippen molar-refractivity contribution >= 4 is 5.97 Å². The zero-order chi connectivity index (χ0) is 26.9. The number of carbonyl (C=O) groups excluding carboxylic acids is 1. The van der Waals surface area contributed by atoms with Crippen molar-refractivity contribution in [2.75, 3.05) is 6.61 Å². The van der Waals surface area contributed by atoms with Crippen LogP contribution >= 0.6 is 0 Å². The summed E-state index contributed by atoms with van der Waals surface area (Å²) in [4.78, 5) is 11.9. The summed E-state index contributed by atoms with van der Waals surface area (Å²) in [5.74, 6) is 0.0222. The van der Waals surface area contributed by atoms with Crippen LogP contribution in [0, 0.1) is 0 Å². The highest BCUT2D eigenvalue weighted by Gasteiger charge is 2.02. The van der Waals surface area contributed by atoms with Gasteiger partial charge in [0.2, 0.25) is 0 Å². The topological polar surface area (TPSA) is 26.3 Å². The molecule has 0 rings (SSSR count). The van der Waals surface area contributed by atoms with Crippen molar-refractivity contribution in [1.29, 1.82) is 0 Å². The molecule has 0 saturated heterocycles. The quantitative estimate of drug-likeness (QED) is 0.0516. The van der Waals surface area contributed by atoms with Crippen molar-refractivity contribution in [3.05, 3.63) is 12.2 Å². The van der Waals surface area contributed by atoms with E-state index in [1.54, 1.807) is 0 Å². The van der Waals surface area contributed by atoms with Crippen LogP contribution in [0.2, 0.25) is 0 Å². The Kier molecular flexibility index (Phi) is 32.5. The Labute approximate surface area is 234 Å². The zero-order valence-electron chi connectivity index (χ0n) is 25.7. The number of ether oxygens (including phenoxy) is 1. The normalized spacial score (nSPS) is 11.5. The second kappa shape index (κ2) is 33.2. The predicted octanol–water partition coefficient (Wildman–Crippen LogP) is 12.4. The highest BCUT2D eigenvalue weighted by molar-refractivity contribution is 5.69. The van der Waals surface area contributed by atoms with E-state index in [9.17, 15) is 4.79 Å². The third kappa shape index (κ3) is 33.2. The van der Waals surface area contributed by atoms with E-state index in [-0.39, 0.29) is 5.97 Å². The number of esters is 1. The van der Waals surface area contributed by atoms with E-state index in [2.05, 4.69) is 26.0 Å². The Balaban J connectivity index is 3.17. The monoisotopic (exact) mass is 521 g/mol. The van der Waals surface area contributed by atoms with Crippen LogP contribution in [0.5, 0.6) is 0 Å². The van der Waals surface area contributed by atoms with Gasteiger partial charge in [-0.2, -0.15) is 0 Å². The van der Waals surface area contributed by atoms with Crippen LogP contribution in [0.3, 0.4) is 0 Å². The predicted molar refractivity (Wildman–Crippen MR) is 165 cm³/mol. The van der Waals surface area contributed by atoms with Gasteiger partial charge >= 0.3 is 5.97 Å². The Morgan fingerprint density at radius 2 is 0.757 bits per heavy atom. The molecule has 0 unspecified atom stereocenters. The molecule has 37 heavy (non-hydrogen) atoms. The molecule has 0 aromatic carbocycles. The molecule has 0 amide bonds. The van der Waals surface area contributed by atoms with E-state index < -0.39 is 0 Å². The van der Waals surface area contributed by atoms with Crippen LogP contribution in [0.25, 0.3) is 0 Å². The Morgan fingerprint density at radius 1 is 0.432 bits per heavy atom. The first-order chi connectivity index (χ1) is 18.3. The van der Waals surface area contributed by atoms with Crippen molar-refractivity contribution in [1.82, 2.24) is 0 Å². The molecule has 0 radical (unpaired) electrons. The van der Waals surface area contributed by atoms with Gasteiger partial charge < -0.3 is 4.74 Å². The first-order valence-corrected chi connectivity index (χ1v) is 17.1. The minimum Gasteiger partial charge on any atom is -0.466 e. The fraction of sp³-hybridized carbons (Fsp3) is 0.914. The van der Waals surface area contributed by atoms with E-state index in [1.165, 1.54) is 167 Å². The highest BCUT2D eigenvalue weighted by atomic mass is 16.5. The fourth-order valence-electron chi connectivity index (χ4n) is 5.07. The molecule has 0 aromatic heterocycles. The molecular weight excluding hydrogens is 452 g/mol. The lowest BCUT2D eigenvalue weighted by Crippen LogP contribution is -2.05. The molecule has 0 N–H and O–H groups in total. The molecule has 0 aliphatic carbocycles. The van der Waals surface area contributed by atoms with Crippen molar-refractivity contribution in [3.63, 3.8) is 0 Å². The van der Waals surface area contributed by atoms with Crippen molar-refractivity contribution in [2.45, 2.75) is 200 Å². The average Bonchev–Trinajstić information content (AvgIpc) is 2.90. The van der Waals surface area contributed by atoms with Gasteiger partial charge in [0, 0.05) is 6.42 Å². The van der Waals surface area contributed by atoms with Crippen molar-refractivity contribution in [3.8, 4) is 0 Å². The van der Waals surface area contributed by atoms with Gasteiger partial charge in [-0.15, -0.1) is 0 Å². The molecule has 2 heteroatoms. The minimum absolute atomic E-state index is 0.0222. The first kappa shape index (κ1) is 36.2. The van der Waals surface area contributed by atoms with Crippen LogP contribution in [-0.4, -0.2) is 12.6 Å². The summed E-state index contributed by atoms with van der Waals surface area (Å²) in [6.07, 6.45) is 42.6.